The predicted octanol–water partition coefficient (Wildman–Crippen LogP) is 4.48. The predicted molar refractivity (Wildman–Crippen MR) is 92.4 cm³/mol. The molecule has 0 rings (SSSR count). The van der Waals surface area contributed by atoms with Crippen molar-refractivity contribution in [2.45, 2.75) is 97.6 Å². The number of ketones is 1. The lowest BCUT2D eigenvalue weighted by Crippen LogP contribution is -2.40. The molecule has 4 nitrogen and oxygen atoms in total. The Morgan fingerprint density at radius 2 is 1.59 bits per heavy atom. The van der Waals surface area contributed by atoms with Gasteiger partial charge in [-0.25, -0.2) is 0 Å². The highest BCUT2D eigenvalue weighted by atomic mass is 28.4. The van der Waals surface area contributed by atoms with Crippen molar-refractivity contribution < 1.29 is 18.8 Å². The molecule has 0 aromatic rings. The highest BCUT2D eigenvalue weighted by Crippen LogP contribution is 2.25. The summed E-state index contributed by atoms with van der Waals surface area (Å²) in [5, 5.41) is 0. The second kappa shape index (κ2) is 10.9. The van der Waals surface area contributed by atoms with Crippen molar-refractivity contribution in [3.63, 3.8) is 0 Å². The molecule has 0 saturated carbocycles. The molecule has 0 bridgehead atoms. The molecule has 0 aliphatic carbocycles. The van der Waals surface area contributed by atoms with E-state index in [4.69, 9.17) is 9.16 Å². The summed E-state index contributed by atoms with van der Waals surface area (Å²) in [5.41, 5.74) is 0. The van der Waals surface area contributed by atoms with E-state index in [1.807, 2.05) is 0 Å². The number of Topliss-reactive ketones (excluding diaryl/α,β-unsaturated/α-hetero) is 1. The van der Waals surface area contributed by atoms with E-state index in [2.05, 4.69) is 27.7 Å². The minimum Gasteiger partial charge on any atom is -0.462 e. The Bertz CT molecular complexity index is 331. The van der Waals surface area contributed by atoms with Crippen LogP contribution in [0.25, 0.3) is 0 Å². The van der Waals surface area contributed by atoms with E-state index in [0.29, 0.717) is 12.8 Å². The smallest absolute Gasteiger partial charge is 0.302 e. The number of ether oxygens (including phenoxy) is 1. The summed E-state index contributed by atoms with van der Waals surface area (Å²) < 4.78 is 11.8. The van der Waals surface area contributed by atoms with Crippen LogP contribution in [0.5, 0.6) is 0 Å². The van der Waals surface area contributed by atoms with Gasteiger partial charge in [-0.05, 0) is 44.8 Å². The van der Waals surface area contributed by atoms with Gasteiger partial charge in [-0.1, -0.05) is 20.8 Å². The first kappa shape index (κ1) is 21.3. The van der Waals surface area contributed by atoms with Crippen LogP contribution in [0.1, 0.15) is 67.2 Å². The molecule has 130 valence electrons. The maximum Gasteiger partial charge on any atom is 0.302 e. The molecule has 0 saturated heterocycles. The van der Waals surface area contributed by atoms with Crippen molar-refractivity contribution in [1.29, 1.82) is 0 Å². The normalized spacial score (nSPS) is 14.5. The average molecular weight is 331 g/mol. The zero-order valence-corrected chi connectivity index (χ0v) is 16.2. The summed E-state index contributed by atoms with van der Waals surface area (Å²) >= 11 is 0. The van der Waals surface area contributed by atoms with Crippen molar-refractivity contribution in [2.24, 2.45) is 0 Å². The Hall–Kier alpha value is -0.683. The molecule has 0 fully saturated rings. The van der Waals surface area contributed by atoms with Gasteiger partial charge in [-0.15, -0.1) is 0 Å². The maximum absolute atomic E-state index is 11.3. The molecule has 0 spiro atoms. The fourth-order valence-electron chi connectivity index (χ4n) is 2.88. The molecule has 0 radical (unpaired) electrons. The number of carbonyl (C=O) groups is 2. The van der Waals surface area contributed by atoms with Gasteiger partial charge in [0.25, 0.3) is 0 Å². The molecule has 0 amide bonds. The van der Waals surface area contributed by atoms with Gasteiger partial charge in [0.1, 0.15) is 11.9 Å². The third-order valence-corrected chi connectivity index (χ3v) is 9.13. The molecule has 0 aliphatic heterocycles. The average Bonchev–Trinajstić information content (AvgIpc) is 2.43. The molecule has 0 N–H and O–H groups in total. The van der Waals surface area contributed by atoms with Crippen molar-refractivity contribution in [3.05, 3.63) is 0 Å². The van der Waals surface area contributed by atoms with E-state index in [1.54, 1.807) is 6.92 Å². The van der Waals surface area contributed by atoms with Crippen LogP contribution < -0.4 is 0 Å². The molecule has 0 aliphatic rings. The highest BCUT2D eigenvalue weighted by molar-refractivity contribution is 6.73. The Morgan fingerprint density at radius 1 is 1.05 bits per heavy atom. The summed E-state index contributed by atoms with van der Waals surface area (Å²) in [7, 11) is -1.63. The van der Waals surface area contributed by atoms with E-state index < -0.39 is 8.32 Å². The highest BCUT2D eigenvalue weighted by Gasteiger charge is 2.31. The van der Waals surface area contributed by atoms with Gasteiger partial charge < -0.3 is 14.0 Å². The van der Waals surface area contributed by atoms with Crippen LogP contribution in [0.3, 0.4) is 0 Å². The standard InChI is InChI=1S/C17H34O4Si/c1-7-22(8-2,9-3)21-15(5)13-17(20-16(6)19)12-10-11-14(4)18/h15,17H,7-13H2,1-6H3/t15-,17+/m1/s1. The number of hydrogen-bond acceptors (Lipinski definition) is 4. The maximum atomic E-state index is 11.3. The van der Waals surface area contributed by atoms with Gasteiger partial charge >= 0.3 is 5.97 Å². The van der Waals surface area contributed by atoms with Crippen LogP contribution in [0.2, 0.25) is 18.1 Å². The van der Waals surface area contributed by atoms with Gasteiger partial charge in [0.2, 0.25) is 0 Å². The minimum absolute atomic E-state index is 0.0909. The fraction of sp³-hybridized carbons (Fsp3) is 0.882. The summed E-state index contributed by atoms with van der Waals surface area (Å²) in [6, 6.07) is 3.35. The lowest BCUT2D eigenvalue weighted by atomic mass is 10.1. The first-order valence-corrected chi connectivity index (χ1v) is 11.2. The minimum atomic E-state index is -1.63. The lowest BCUT2D eigenvalue weighted by Gasteiger charge is -2.33. The van der Waals surface area contributed by atoms with Crippen LogP contribution in [-0.4, -0.2) is 32.3 Å². The first-order chi connectivity index (χ1) is 10.3. The van der Waals surface area contributed by atoms with Gasteiger partial charge in [0.15, 0.2) is 8.32 Å². The van der Waals surface area contributed by atoms with E-state index >= 15 is 0 Å². The molecule has 0 unspecified atom stereocenters. The Kier molecular flexibility index (Phi) is 10.6. The van der Waals surface area contributed by atoms with Crippen molar-refractivity contribution in [2.75, 3.05) is 0 Å². The summed E-state index contributed by atoms with van der Waals surface area (Å²) in [6.45, 7) is 11.7. The third kappa shape index (κ3) is 8.69. The van der Waals surface area contributed by atoms with Gasteiger partial charge in [0, 0.05) is 25.9 Å². The van der Waals surface area contributed by atoms with Crippen molar-refractivity contribution in [1.82, 2.24) is 0 Å². The van der Waals surface area contributed by atoms with Crippen LogP contribution in [0.15, 0.2) is 0 Å². The van der Waals surface area contributed by atoms with Crippen LogP contribution >= 0.6 is 0 Å². The van der Waals surface area contributed by atoms with Crippen LogP contribution in [0.4, 0.5) is 0 Å². The molecule has 5 heteroatoms. The zero-order valence-electron chi connectivity index (χ0n) is 15.2. The SMILES string of the molecule is CC[Si](CC)(CC)O[C@H](C)C[C@H](CCCC(C)=O)OC(C)=O. The Labute approximate surface area is 137 Å². The molecule has 0 heterocycles. The van der Waals surface area contributed by atoms with E-state index in [1.165, 1.54) is 6.92 Å². The molecule has 22 heavy (non-hydrogen) atoms. The summed E-state index contributed by atoms with van der Waals surface area (Å²) in [4.78, 5) is 22.3. The number of rotatable bonds is 12. The summed E-state index contributed by atoms with van der Waals surface area (Å²) in [5.74, 6) is -0.0785. The second-order valence-corrected chi connectivity index (χ2v) is 11.0. The van der Waals surface area contributed by atoms with Gasteiger partial charge in [-0.2, -0.15) is 0 Å². The summed E-state index contributed by atoms with van der Waals surface area (Å²) in [6.07, 6.45) is 2.69. The van der Waals surface area contributed by atoms with E-state index in [-0.39, 0.29) is 24.0 Å². The topological polar surface area (TPSA) is 52.6 Å². The van der Waals surface area contributed by atoms with Crippen molar-refractivity contribution in [3.8, 4) is 0 Å². The number of esters is 1. The van der Waals surface area contributed by atoms with Crippen LogP contribution in [0, 0.1) is 0 Å². The fourth-order valence-corrected chi connectivity index (χ4v) is 5.83. The molecule has 2 atom stereocenters. The van der Waals surface area contributed by atoms with E-state index in [9.17, 15) is 9.59 Å². The molecule has 0 aromatic carbocycles. The molecular weight excluding hydrogens is 296 g/mol. The largest absolute Gasteiger partial charge is 0.462 e. The number of hydrogen-bond donors (Lipinski definition) is 0. The monoisotopic (exact) mass is 330 g/mol. The second-order valence-electron chi connectivity index (χ2n) is 6.23. The Balaban J connectivity index is 4.55. The van der Waals surface area contributed by atoms with Crippen LogP contribution in [-0.2, 0) is 18.8 Å². The van der Waals surface area contributed by atoms with Crippen molar-refractivity contribution >= 4 is 20.1 Å². The number of carbonyl (C=O) groups excluding carboxylic acids is 2. The van der Waals surface area contributed by atoms with E-state index in [0.717, 1.165) is 31.0 Å². The Morgan fingerprint density at radius 3 is 2.00 bits per heavy atom. The lowest BCUT2D eigenvalue weighted by molar-refractivity contribution is -0.147. The quantitative estimate of drug-likeness (QED) is 0.391. The first-order valence-electron chi connectivity index (χ1n) is 8.63. The molecule has 0 aromatic heterocycles. The third-order valence-electron chi connectivity index (χ3n) is 4.37. The van der Waals surface area contributed by atoms with Gasteiger partial charge in [-0.3, -0.25) is 4.79 Å². The molecular formula is C17H34O4Si. The van der Waals surface area contributed by atoms with Gasteiger partial charge in [0.05, 0.1) is 0 Å². The zero-order chi connectivity index (χ0) is 17.2.